The number of carboxylic acid groups (broad SMARTS) is 1. The summed E-state index contributed by atoms with van der Waals surface area (Å²) in [4.78, 5) is 12.4. The predicted octanol–water partition coefficient (Wildman–Crippen LogP) is 0.970. The van der Waals surface area contributed by atoms with Gasteiger partial charge in [-0.2, -0.15) is 0 Å². The maximum atomic E-state index is 10.4. The van der Waals surface area contributed by atoms with Crippen LogP contribution < -0.4 is 0 Å². The molecule has 1 unspecified atom stereocenters. The van der Waals surface area contributed by atoms with Gasteiger partial charge in [0, 0.05) is 10.5 Å². The molecular formula is C7H12INO2. The highest BCUT2D eigenvalue weighted by molar-refractivity contribution is 14.1. The first-order valence-corrected chi connectivity index (χ1v) is 5.28. The molecule has 0 bridgehead atoms. The average molecular weight is 269 g/mol. The van der Waals surface area contributed by atoms with Crippen molar-refractivity contribution in [1.82, 2.24) is 4.90 Å². The van der Waals surface area contributed by atoms with Crippen molar-refractivity contribution in [1.29, 1.82) is 0 Å². The fourth-order valence-corrected chi connectivity index (χ4v) is 2.45. The molecule has 1 aliphatic heterocycles. The Balaban J connectivity index is 2.37. The van der Waals surface area contributed by atoms with E-state index in [4.69, 9.17) is 5.11 Å². The van der Waals surface area contributed by atoms with E-state index in [0.717, 1.165) is 23.8 Å². The van der Waals surface area contributed by atoms with Crippen LogP contribution in [0, 0.1) is 0 Å². The molecule has 0 amide bonds. The van der Waals surface area contributed by atoms with E-state index in [1.807, 2.05) is 0 Å². The summed E-state index contributed by atoms with van der Waals surface area (Å²) in [5.41, 5.74) is 0. The standard InChI is InChI=1S/C7H12INO2/c8-4-6-2-1-3-9(6)5-7(10)11/h6H,1-5H2,(H,10,11). The third-order valence-electron chi connectivity index (χ3n) is 2.02. The Morgan fingerprint density at radius 2 is 2.45 bits per heavy atom. The van der Waals surface area contributed by atoms with Crippen LogP contribution >= 0.6 is 22.6 Å². The molecule has 1 fully saturated rings. The number of likely N-dealkylation sites (tertiary alicyclic amines) is 1. The minimum absolute atomic E-state index is 0.216. The van der Waals surface area contributed by atoms with Crippen molar-refractivity contribution in [2.75, 3.05) is 17.5 Å². The maximum absolute atomic E-state index is 10.4. The number of carboxylic acids is 1. The zero-order valence-corrected chi connectivity index (χ0v) is 8.45. The molecule has 1 N–H and O–H groups in total. The van der Waals surface area contributed by atoms with Gasteiger partial charge in [0.2, 0.25) is 0 Å². The Bertz CT molecular complexity index is 151. The quantitative estimate of drug-likeness (QED) is 0.613. The van der Waals surface area contributed by atoms with Crippen LogP contribution in [-0.4, -0.2) is 39.5 Å². The van der Waals surface area contributed by atoms with Gasteiger partial charge in [0.1, 0.15) is 0 Å². The van der Waals surface area contributed by atoms with Gasteiger partial charge in [0.15, 0.2) is 0 Å². The van der Waals surface area contributed by atoms with E-state index in [1.165, 1.54) is 0 Å². The number of hydrogen-bond donors (Lipinski definition) is 1. The summed E-state index contributed by atoms with van der Waals surface area (Å²) in [6.45, 7) is 1.17. The molecular weight excluding hydrogens is 257 g/mol. The molecule has 0 saturated carbocycles. The van der Waals surface area contributed by atoms with Gasteiger partial charge >= 0.3 is 5.97 Å². The van der Waals surface area contributed by atoms with Crippen LogP contribution in [-0.2, 0) is 4.79 Å². The molecule has 1 heterocycles. The zero-order chi connectivity index (χ0) is 8.27. The molecule has 1 atom stereocenters. The largest absolute Gasteiger partial charge is 0.480 e. The molecule has 0 aromatic carbocycles. The van der Waals surface area contributed by atoms with Crippen molar-refractivity contribution in [2.45, 2.75) is 18.9 Å². The van der Waals surface area contributed by atoms with E-state index in [2.05, 4.69) is 27.5 Å². The molecule has 11 heavy (non-hydrogen) atoms. The Kier molecular flexibility index (Phi) is 3.58. The number of carbonyl (C=O) groups is 1. The number of rotatable bonds is 3. The molecule has 0 aromatic rings. The molecule has 0 aromatic heterocycles. The normalized spacial score (nSPS) is 25.7. The van der Waals surface area contributed by atoms with Crippen molar-refractivity contribution >= 4 is 28.6 Å². The van der Waals surface area contributed by atoms with Crippen molar-refractivity contribution in [3.8, 4) is 0 Å². The Labute approximate surface area is 79.9 Å². The van der Waals surface area contributed by atoms with E-state index in [0.29, 0.717) is 6.04 Å². The predicted molar refractivity (Wildman–Crippen MR) is 51.1 cm³/mol. The highest BCUT2D eigenvalue weighted by Crippen LogP contribution is 2.18. The van der Waals surface area contributed by atoms with Crippen molar-refractivity contribution in [2.24, 2.45) is 0 Å². The van der Waals surface area contributed by atoms with Gasteiger partial charge < -0.3 is 5.11 Å². The topological polar surface area (TPSA) is 40.5 Å². The molecule has 0 radical (unpaired) electrons. The monoisotopic (exact) mass is 269 g/mol. The molecule has 1 rings (SSSR count). The second kappa shape index (κ2) is 4.25. The van der Waals surface area contributed by atoms with Crippen LogP contribution in [0.15, 0.2) is 0 Å². The van der Waals surface area contributed by atoms with Gasteiger partial charge in [-0.1, -0.05) is 22.6 Å². The van der Waals surface area contributed by atoms with Gasteiger partial charge in [-0.3, -0.25) is 9.69 Å². The van der Waals surface area contributed by atoms with Gasteiger partial charge in [0.05, 0.1) is 6.54 Å². The van der Waals surface area contributed by atoms with Crippen molar-refractivity contribution in [3.05, 3.63) is 0 Å². The number of nitrogens with zero attached hydrogens (tertiary/aromatic N) is 1. The van der Waals surface area contributed by atoms with Crippen LogP contribution in [0.5, 0.6) is 0 Å². The Morgan fingerprint density at radius 3 is 3.00 bits per heavy atom. The maximum Gasteiger partial charge on any atom is 0.317 e. The second-order valence-corrected chi connectivity index (χ2v) is 3.70. The van der Waals surface area contributed by atoms with Crippen molar-refractivity contribution < 1.29 is 9.90 Å². The van der Waals surface area contributed by atoms with E-state index in [-0.39, 0.29) is 6.54 Å². The lowest BCUT2D eigenvalue weighted by Gasteiger charge is -2.19. The summed E-state index contributed by atoms with van der Waals surface area (Å²) >= 11 is 2.32. The van der Waals surface area contributed by atoms with Crippen molar-refractivity contribution in [3.63, 3.8) is 0 Å². The van der Waals surface area contributed by atoms with E-state index in [9.17, 15) is 4.79 Å². The highest BCUT2D eigenvalue weighted by Gasteiger charge is 2.24. The first-order chi connectivity index (χ1) is 5.24. The minimum atomic E-state index is -0.707. The molecule has 3 nitrogen and oxygen atoms in total. The summed E-state index contributed by atoms with van der Waals surface area (Å²) < 4.78 is 1.05. The summed E-state index contributed by atoms with van der Waals surface area (Å²) in [6.07, 6.45) is 2.32. The van der Waals surface area contributed by atoms with Crippen LogP contribution in [0.1, 0.15) is 12.8 Å². The summed E-state index contributed by atoms with van der Waals surface area (Å²) in [7, 11) is 0. The van der Waals surface area contributed by atoms with Gasteiger partial charge in [-0.05, 0) is 19.4 Å². The van der Waals surface area contributed by atoms with Crippen LogP contribution in [0.3, 0.4) is 0 Å². The number of aliphatic carboxylic acids is 1. The van der Waals surface area contributed by atoms with Gasteiger partial charge in [0.25, 0.3) is 0 Å². The zero-order valence-electron chi connectivity index (χ0n) is 6.29. The number of halogens is 1. The van der Waals surface area contributed by atoms with Gasteiger partial charge in [-0.25, -0.2) is 0 Å². The first-order valence-electron chi connectivity index (χ1n) is 3.76. The number of alkyl halides is 1. The highest BCUT2D eigenvalue weighted by atomic mass is 127. The Morgan fingerprint density at radius 1 is 1.73 bits per heavy atom. The van der Waals surface area contributed by atoms with E-state index in [1.54, 1.807) is 0 Å². The molecule has 64 valence electrons. The molecule has 0 aliphatic carbocycles. The van der Waals surface area contributed by atoms with Crippen LogP contribution in [0.2, 0.25) is 0 Å². The number of hydrogen-bond acceptors (Lipinski definition) is 2. The summed E-state index contributed by atoms with van der Waals surface area (Å²) in [6, 6.07) is 0.506. The minimum Gasteiger partial charge on any atom is -0.480 e. The molecule has 1 saturated heterocycles. The molecule has 4 heteroatoms. The second-order valence-electron chi connectivity index (χ2n) is 2.81. The molecule has 0 spiro atoms. The van der Waals surface area contributed by atoms with Crippen LogP contribution in [0.4, 0.5) is 0 Å². The first kappa shape index (κ1) is 9.25. The SMILES string of the molecule is O=C(O)CN1CCCC1CI. The fraction of sp³-hybridized carbons (Fsp3) is 0.857. The molecule has 1 aliphatic rings. The third-order valence-corrected chi connectivity index (χ3v) is 3.03. The van der Waals surface area contributed by atoms with E-state index >= 15 is 0 Å². The average Bonchev–Trinajstić information content (AvgIpc) is 2.34. The fourth-order valence-electron chi connectivity index (χ4n) is 1.45. The van der Waals surface area contributed by atoms with Gasteiger partial charge in [-0.15, -0.1) is 0 Å². The van der Waals surface area contributed by atoms with E-state index < -0.39 is 5.97 Å². The lowest BCUT2D eigenvalue weighted by atomic mass is 10.2. The lowest BCUT2D eigenvalue weighted by molar-refractivity contribution is -0.138. The third kappa shape index (κ3) is 2.59. The van der Waals surface area contributed by atoms with Crippen LogP contribution in [0.25, 0.3) is 0 Å². The Hall–Kier alpha value is 0.160. The lowest BCUT2D eigenvalue weighted by Crippen LogP contribution is -2.35. The summed E-state index contributed by atoms with van der Waals surface area (Å²) in [5, 5.41) is 8.54. The summed E-state index contributed by atoms with van der Waals surface area (Å²) in [5.74, 6) is -0.707. The smallest absolute Gasteiger partial charge is 0.317 e.